The highest BCUT2D eigenvalue weighted by Gasteiger charge is 2.05. The van der Waals surface area contributed by atoms with Crippen molar-refractivity contribution in [1.29, 1.82) is 0 Å². The quantitative estimate of drug-likeness (QED) is 0.837. The Balaban J connectivity index is 2.80. The zero-order chi connectivity index (χ0) is 10.6. The molecule has 1 aromatic rings. The molecule has 1 rings (SSSR count). The van der Waals surface area contributed by atoms with Crippen molar-refractivity contribution in [2.45, 2.75) is 12.8 Å². The lowest BCUT2D eigenvalue weighted by Crippen LogP contribution is -1.99. The molecule has 0 atom stereocenters. The van der Waals surface area contributed by atoms with Crippen LogP contribution in [0.15, 0.2) is 18.2 Å². The molecule has 1 aromatic carbocycles. The van der Waals surface area contributed by atoms with Gasteiger partial charge in [-0.05, 0) is 24.1 Å². The van der Waals surface area contributed by atoms with Crippen molar-refractivity contribution in [3.63, 3.8) is 0 Å². The summed E-state index contributed by atoms with van der Waals surface area (Å²) in [7, 11) is 1.54. The van der Waals surface area contributed by atoms with Crippen LogP contribution in [0.2, 0.25) is 5.02 Å². The second-order valence-electron chi connectivity index (χ2n) is 2.85. The van der Waals surface area contributed by atoms with Crippen LogP contribution in [0.25, 0.3) is 0 Å². The van der Waals surface area contributed by atoms with Crippen LogP contribution in [0.1, 0.15) is 12.0 Å². The molecule has 3 nitrogen and oxygen atoms in total. The van der Waals surface area contributed by atoms with Crippen LogP contribution in [0, 0.1) is 0 Å². The van der Waals surface area contributed by atoms with Crippen molar-refractivity contribution in [3.8, 4) is 5.75 Å². The van der Waals surface area contributed by atoms with E-state index in [-0.39, 0.29) is 6.42 Å². The minimum atomic E-state index is -0.818. The third kappa shape index (κ3) is 2.92. The Labute approximate surface area is 87.3 Å². The highest BCUT2D eigenvalue weighted by atomic mass is 35.5. The van der Waals surface area contributed by atoms with Crippen molar-refractivity contribution in [3.05, 3.63) is 28.8 Å². The molecule has 4 heteroatoms. The summed E-state index contributed by atoms with van der Waals surface area (Å²) in [5.74, 6) is -0.180. The van der Waals surface area contributed by atoms with Gasteiger partial charge in [0.05, 0.1) is 7.11 Å². The van der Waals surface area contributed by atoms with E-state index >= 15 is 0 Å². The average molecular weight is 215 g/mol. The Morgan fingerprint density at radius 3 is 2.86 bits per heavy atom. The maximum Gasteiger partial charge on any atom is 0.303 e. The van der Waals surface area contributed by atoms with Crippen LogP contribution in [0.4, 0.5) is 0 Å². The number of carbonyl (C=O) groups is 1. The lowest BCUT2D eigenvalue weighted by molar-refractivity contribution is -0.136. The minimum absolute atomic E-state index is 0.0952. The van der Waals surface area contributed by atoms with E-state index in [1.165, 1.54) is 7.11 Å². The molecule has 0 saturated carbocycles. The van der Waals surface area contributed by atoms with Crippen LogP contribution >= 0.6 is 11.6 Å². The molecule has 1 N–H and O–H groups in total. The van der Waals surface area contributed by atoms with Crippen LogP contribution in [0.5, 0.6) is 5.75 Å². The number of halogens is 1. The summed E-state index contributed by atoms with van der Waals surface area (Å²) >= 11 is 5.76. The van der Waals surface area contributed by atoms with Gasteiger partial charge in [0.15, 0.2) is 0 Å². The lowest BCUT2D eigenvalue weighted by atomic mass is 10.1. The number of methoxy groups -OCH3 is 1. The second-order valence-corrected chi connectivity index (χ2v) is 3.29. The number of carboxylic acid groups (broad SMARTS) is 1. The number of hydrogen-bond donors (Lipinski definition) is 1. The van der Waals surface area contributed by atoms with Gasteiger partial charge in [-0.25, -0.2) is 0 Å². The highest BCUT2D eigenvalue weighted by molar-refractivity contribution is 6.30. The second kappa shape index (κ2) is 4.86. The first-order chi connectivity index (χ1) is 6.63. The molecule has 0 unspecified atom stereocenters. The molecule has 76 valence electrons. The Hall–Kier alpha value is -1.22. The fraction of sp³-hybridized carbons (Fsp3) is 0.300. The van der Waals surface area contributed by atoms with Gasteiger partial charge in [0.1, 0.15) is 5.75 Å². The van der Waals surface area contributed by atoms with Crippen molar-refractivity contribution in [1.82, 2.24) is 0 Å². The fourth-order valence-corrected chi connectivity index (χ4v) is 1.33. The van der Waals surface area contributed by atoms with Crippen molar-refractivity contribution in [2.75, 3.05) is 7.11 Å². The fourth-order valence-electron chi connectivity index (χ4n) is 1.17. The van der Waals surface area contributed by atoms with E-state index in [4.69, 9.17) is 21.4 Å². The molecule has 0 radical (unpaired) electrons. The van der Waals surface area contributed by atoms with E-state index in [2.05, 4.69) is 0 Å². The molecule has 14 heavy (non-hydrogen) atoms. The zero-order valence-electron chi connectivity index (χ0n) is 7.79. The van der Waals surface area contributed by atoms with Gasteiger partial charge in [-0.15, -0.1) is 0 Å². The van der Waals surface area contributed by atoms with E-state index < -0.39 is 5.97 Å². The molecular weight excluding hydrogens is 204 g/mol. The zero-order valence-corrected chi connectivity index (χ0v) is 8.54. The van der Waals surface area contributed by atoms with Crippen molar-refractivity contribution >= 4 is 17.6 Å². The molecule has 0 spiro atoms. The van der Waals surface area contributed by atoms with Gasteiger partial charge in [0.25, 0.3) is 0 Å². The number of carboxylic acids is 1. The molecule has 0 fully saturated rings. The summed E-state index contributed by atoms with van der Waals surface area (Å²) in [5.41, 5.74) is 0.860. The third-order valence-corrected chi connectivity index (χ3v) is 2.09. The van der Waals surface area contributed by atoms with E-state index in [0.29, 0.717) is 17.2 Å². The van der Waals surface area contributed by atoms with Gasteiger partial charge in [-0.1, -0.05) is 17.7 Å². The first-order valence-corrected chi connectivity index (χ1v) is 4.55. The molecule has 0 aromatic heterocycles. The largest absolute Gasteiger partial charge is 0.496 e. The SMILES string of the molecule is COc1cc(Cl)ccc1CCC(=O)O. The van der Waals surface area contributed by atoms with E-state index in [0.717, 1.165) is 5.56 Å². The smallest absolute Gasteiger partial charge is 0.303 e. The topological polar surface area (TPSA) is 46.5 Å². The number of hydrogen-bond acceptors (Lipinski definition) is 2. The maximum absolute atomic E-state index is 10.4. The Morgan fingerprint density at radius 1 is 1.57 bits per heavy atom. The van der Waals surface area contributed by atoms with Crippen molar-refractivity contribution < 1.29 is 14.6 Å². The standard InChI is InChI=1S/C10H11ClO3/c1-14-9-6-8(11)4-2-7(9)3-5-10(12)13/h2,4,6H,3,5H2,1H3,(H,12,13). The van der Waals surface area contributed by atoms with E-state index in [1.807, 2.05) is 0 Å². The molecule has 0 saturated heterocycles. The minimum Gasteiger partial charge on any atom is -0.496 e. The van der Waals surface area contributed by atoms with Gasteiger partial charge in [0, 0.05) is 11.4 Å². The number of aliphatic carboxylic acids is 1. The van der Waals surface area contributed by atoms with Gasteiger partial charge in [-0.2, -0.15) is 0 Å². The predicted octanol–water partition coefficient (Wildman–Crippen LogP) is 2.37. The van der Waals surface area contributed by atoms with E-state index in [1.54, 1.807) is 18.2 Å². The number of rotatable bonds is 4. The number of aryl methyl sites for hydroxylation is 1. The molecular formula is C10H11ClO3. The summed E-state index contributed by atoms with van der Waals surface area (Å²) in [6, 6.07) is 5.18. The first-order valence-electron chi connectivity index (χ1n) is 4.17. The Bertz CT molecular complexity index is 336. The lowest BCUT2D eigenvalue weighted by Gasteiger charge is -2.07. The molecule has 0 amide bonds. The van der Waals surface area contributed by atoms with Crippen LogP contribution in [-0.2, 0) is 11.2 Å². The number of ether oxygens (including phenoxy) is 1. The van der Waals surface area contributed by atoms with Crippen molar-refractivity contribution in [2.24, 2.45) is 0 Å². The summed E-state index contributed by atoms with van der Waals surface area (Å²) in [6.07, 6.45) is 0.549. The summed E-state index contributed by atoms with van der Waals surface area (Å²) < 4.78 is 5.08. The van der Waals surface area contributed by atoms with Crippen LogP contribution in [-0.4, -0.2) is 18.2 Å². The molecule has 0 heterocycles. The summed E-state index contributed by atoms with van der Waals surface area (Å²) in [4.78, 5) is 10.4. The predicted molar refractivity (Wildman–Crippen MR) is 54.0 cm³/mol. The monoisotopic (exact) mass is 214 g/mol. The average Bonchev–Trinajstić information content (AvgIpc) is 2.15. The molecule has 0 aliphatic rings. The van der Waals surface area contributed by atoms with Gasteiger partial charge in [-0.3, -0.25) is 4.79 Å². The van der Waals surface area contributed by atoms with Gasteiger partial charge < -0.3 is 9.84 Å². The van der Waals surface area contributed by atoms with E-state index in [9.17, 15) is 4.79 Å². The first kappa shape index (κ1) is 10.9. The van der Waals surface area contributed by atoms with Crippen LogP contribution in [0.3, 0.4) is 0 Å². The van der Waals surface area contributed by atoms with Gasteiger partial charge >= 0.3 is 5.97 Å². The normalized spacial score (nSPS) is 9.86. The number of benzene rings is 1. The summed E-state index contributed by atoms with van der Waals surface area (Å²) in [6.45, 7) is 0. The van der Waals surface area contributed by atoms with Crippen LogP contribution < -0.4 is 4.74 Å². The Kier molecular flexibility index (Phi) is 3.77. The highest BCUT2D eigenvalue weighted by Crippen LogP contribution is 2.24. The maximum atomic E-state index is 10.4. The molecule has 0 aliphatic carbocycles. The molecule has 0 bridgehead atoms. The third-order valence-electron chi connectivity index (χ3n) is 1.86. The Morgan fingerprint density at radius 2 is 2.29 bits per heavy atom. The van der Waals surface area contributed by atoms with Gasteiger partial charge in [0.2, 0.25) is 0 Å². The molecule has 0 aliphatic heterocycles. The summed E-state index contributed by atoms with van der Waals surface area (Å²) in [5, 5.41) is 9.11.